The molecule has 0 atom stereocenters. The SMILES string of the molecule is Cc1ccc(CN(C)Cc2cc([N+](=O)[O-])ccc2N)cc1. The second kappa shape index (κ2) is 6.37. The van der Waals surface area contributed by atoms with Crippen molar-refractivity contribution >= 4 is 11.4 Å². The molecular weight excluding hydrogens is 266 g/mol. The lowest BCUT2D eigenvalue weighted by Crippen LogP contribution is -2.18. The van der Waals surface area contributed by atoms with Crippen molar-refractivity contribution in [3.63, 3.8) is 0 Å². The zero-order valence-corrected chi connectivity index (χ0v) is 12.2. The Morgan fingerprint density at radius 3 is 2.43 bits per heavy atom. The van der Waals surface area contributed by atoms with Crippen LogP contribution in [0.1, 0.15) is 16.7 Å². The Hall–Kier alpha value is -2.40. The third kappa shape index (κ3) is 4.03. The van der Waals surface area contributed by atoms with Crippen molar-refractivity contribution in [1.82, 2.24) is 4.90 Å². The quantitative estimate of drug-likeness (QED) is 0.520. The summed E-state index contributed by atoms with van der Waals surface area (Å²) in [6.07, 6.45) is 0. The molecule has 0 bridgehead atoms. The van der Waals surface area contributed by atoms with Crippen molar-refractivity contribution in [3.8, 4) is 0 Å². The molecule has 2 aromatic rings. The zero-order valence-electron chi connectivity index (χ0n) is 12.2. The Kier molecular flexibility index (Phi) is 4.55. The lowest BCUT2D eigenvalue weighted by atomic mass is 10.1. The molecule has 0 unspecified atom stereocenters. The summed E-state index contributed by atoms with van der Waals surface area (Å²) in [7, 11) is 1.97. The number of nitrogens with zero attached hydrogens (tertiary/aromatic N) is 2. The zero-order chi connectivity index (χ0) is 15.4. The molecule has 2 rings (SSSR count). The first-order valence-electron chi connectivity index (χ1n) is 6.72. The van der Waals surface area contributed by atoms with Crippen LogP contribution in [-0.2, 0) is 13.1 Å². The summed E-state index contributed by atoms with van der Waals surface area (Å²) in [5.74, 6) is 0. The van der Waals surface area contributed by atoms with E-state index in [1.54, 1.807) is 12.1 Å². The topological polar surface area (TPSA) is 72.4 Å². The number of benzene rings is 2. The van der Waals surface area contributed by atoms with E-state index < -0.39 is 4.92 Å². The highest BCUT2D eigenvalue weighted by Crippen LogP contribution is 2.21. The first-order valence-corrected chi connectivity index (χ1v) is 6.72. The van der Waals surface area contributed by atoms with Crippen molar-refractivity contribution < 1.29 is 4.92 Å². The second-order valence-electron chi connectivity index (χ2n) is 5.30. The van der Waals surface area contributed by atoms with Crippen molar-refractivity contribution in [2.24, 2.45) is 0 Å². The van der Waals surface area contributed by atoms with Crippen LogP contribution in [0.15, 0.2) is 42.5 Å². The number of nitro groups is 1. The van der Waals surface area contributed by atoms with Gasteiger partial charge in [0, 0.05) is 30.9 Å². The minimum absolute atomic E-state index is 0.0722. The Bertz CT molecular complexity index is 638. The minimum atomic E-state index is -0.400. The van der Waals surface area contributed by atoms with Gasteiger partial charge < -0.3 is 5.73 Å². The standard InChI is InChI=1S/C16H19N3O2/c1-12-3-5-13(6-4-12)10-18(2)11-14-9-15(19(20)21)7-8-16(14)17/h3-9H,10-11,17H2,1-2H3. The van der Waals surface area contributed by atoms with Gasteiger partial charge in [-0.05, 0) is 31.2 Å². The molecule has 0 fully saturated rings. The van der Waals surface area contributed by atoms with E-state index in [-0.39, 0.29) is 5.69 Å². The van der Waals surface area contributed by atoms with Crippen LogP contribution in [-0.4, -0.2) is 16.9 Å². The van der Waals surface area contributed by atoms with Gasteiger partial charge in [-0.1, -0.05) is 29.8 Å². The van der Waals surface area contributed by atoms with Crippen LogP contribution in [0.5, 0.6) is 0 Å². The summed E-state index contributed by atoms with van der Waals surface area (Å²) in [6, 6.07) is 12.9. The Morgan fingerprint density at radius 1 is 1.14 bits per heavy atom. The summed E-state index contributed by atoms with van der Waals surface area (Å²) in [6.45, 7) is 3.39. The molecule has 0 aromatic heterocycles. The lowest BCUT2D eigenvalue weighted by Gasteiger charge is -2.18. The van der Waals surface area contributed by atoms with Crippen LogP contribution in [0.2, 0.25) is 0 Å². The van der Waals surface area contributed by atoms with Gasteiger partial charge in [0.2, 0.25) is 0 Å². The average molecular weight is 285 g/mol. The van der Waals surface area contributed by atoms with Crippen LogP contribution in [0, 0.1) is 17.0 Å². The van der Waals surface area contributed by atoms with Crippen LogP contribution < -0.4 is 5.73 Å². The van der Waals surface area contributed by atoms with Gasteiger partial charge in [0.1, 0.15) is 0 Å². The van der Waals surface area contributed by atoms with Gasteiger partial charge >= 0.3 is 0 Å². The van der Waals surface area contributed by atoms with Crippen LogP contribution >= 0.6 is 0 Å². The molecule has 0 aliphatic carbocycles. The maximum absolute atomic E-state index is 10.8. The fourth-order valence-corrected chi connectivity index (χ4v) is 2.19. The fraction of sp³-hybridized carbons (Fsp3) is 0.250. The van der Waals surface area contributed by atoms with E-state index in [9.17, 15) is 10.1 Å². The third-order valence-corrected chi connectivity index (χ3v) is 3.35. The third-order valence-electron chi connectivity index (χ3n) is 3.35. The van der Waals surface area contributed by atoms with Gasteiger partial charge in [0.15, 0.2) is 0 Å². The van der Waals surface area contributed by atoms with Gasteiger partial charge in [-0.3, -0.25) is 15.0 Å². The molecule has 110 valence electrons. The number of anilines is 1. The maximum Gasteiger partial charge on any atom is 0.269 e. The Labute approximate surface area is 124 Å². The van der Waals surface area contributed by atoms with Gasteiger partial charge in [-0.2, -0.15) is 0 Å². The summed E-state index contributed by atoms with van der Waals surface area (Å²) < 4.78 is 0. The monoisotopic (exact) mass is 285 g/mol. The minimum Gasteiger partial charge on any atom is -0.398 e. The van der Waals surface area contributed by atoms with E-state index in [4.69, 9.17) is 5.73 Å². The number of hydrogen-bond donors (Lipinski definition) is 1. The Morgan fingerprint density at radius 2 is 1.81 bits per heavy atom. The van der Waals surface area contributed by atoms with Crippen molar-refractivity contribution in [1.29, 1.82) is 0 Å². The summed E-state index contributed by atoms with van der Waals surface area (Å²) >= 11 is 0. The lowest BCUT2D eigenvalue weighted by molar-refractivity contribution is -0.384. The average Bonchev–Trinajstić information content (AvgIpc) is 2.43. The van der Waals surface area contributed by atoms with Crippen LogP contribution in [0.3, 0.4) is 0 Å². The number of nitrogens with two attached hydrogens (primary N) is 1. The number of non-ortho nitro benzene ring substituents is 1. The van der Waals surface area contributed by atoms with E-state index in [1.165, 1.54) is 17.2 Å². The molecular formula is C16H19N3O2. The summed E-state index contributed by atoms with van der Waals surface area (Å²) in [4.78, 5) is 12.5. The number of nitrogen functional groups attached to an aromatic ring is 1. The van der Waals surface area contributed by atoms with Gasteiger partial charge in [0.25, 0.3) is 5.69 Å². The predicted octanol–water partition coefficient (Wildman–Crippen LogP) is 3.12. The summed E-state index contributed by atoms with van der Waals surface area (Å²) in [5, 5.41) is 10.8. The maximum atomic E-state index is 10.8. The molecule has 0 aliphatic heterocycles. The van der Waals surface area contributed by atoms with Crippen molar-refractivity contribution in [2.45, 2.75) is 20.0 Å². The molecule has 2 N–H and O–H groups in total. The number of hydrogen-bond acceptors (Lipinski definition) is 4. The summed E-state index contributed by atoms with van der Waals surface area (Å²) in [5.41, 5.74) is 9.76. The van der Waals surface area contributed by atoms with Crippen LogP contribution in [0.25, 0.3) is 0 Å². The van der Waals surface area contributed by atoms with Gasteiger partial charge in [0.05, 0.1) is 4.92 Å². The Balaban J connectivity index is 2.08. The number of nitro benzene ring substituents is 1. The molecule has 0 radical (unpaired) electrons. The first-order chi connectivity index (χ1) is 9.95. The fourth-order valence-electron chi connectivity index (χ4n) is 2.19. The smallest absolute Gasteiger partial charge is 0.269 e. The highest BCUT2D eigenvalue weighted by atomic mass is 16.6. The van der Waals surface area contributed by atoms with Crippen molar-refractivity contribution in [3.05, 3.63) is 69.3 Å². The van der Waals surface area contributed by atoms with E-state index in [2.05, 4.69) is 36.1 Å². The second-order valence-corrected chi connectivity index (χ2v) is 5.30. The molecule has 21 heavy (non-hydrogen) atoms. The number of aryl methyl sites for hydroxylation is 1. The molecule has 2 aromatic carbocycles. The molecule has 5 heteroatoms. The van der Waals surface area contributed by atoms with E-state index in [1.807, 2.05) is 7.05 Å². The van der Waals surface area contributed by atoms with E-state index in [0.717, 1.165) is 12.1 Å². The van der Waals surface area contributed by atoms with E-state index >= 15 is 0 Å². The number of rotatable bonds is 5. The molecule has 0 spiro atoms. The van der Waals surface area contributed by atoms with Crippen molar-refractivity contribution in [2.75, 3.05) is 12.8 Å². The predicted molar refractivity (Wildman–Crippen MR) is 83.9 cm³/mol. The van der Waals surface area contributed by atoms with Gasteiger partial charge in [-0.15, -0.1) is 0 Å². The van der Waals surface area contributed by atoms with E-state index in [0.29, 0.717) is 12.2 Å². The first kappa shape index (κ1) is 15.0. The molecule has 0 aliphatic rings. The largest absolute Gasteiger partial charge is 0.398 e. The van der Waals surface area contributed by atoms with Crippen LogP contribution in [0.4, 0.5) is 11.4 Å². The molecule has 0 heterocycles. The molecule has 0 saturated carbocycles. The molecule has 5 nitrogen and oxygen atoms in total. The van der Waals surface area contributed by atoms with Gasteiger partial charge in [-0.25, -0.2) is 0 Å². The molecule has 0 amide bonds. The highest BCUT2D eigenvalue weighted by molar-refractivity contribution is 5.52. The highest BCUT2D eigenvalue weighted by Gasteiger charge is 2.11. The normalized spacial score (nSPS) is 10.8. The molecule has 0 saturated heterocycles.